The van der Waals surface area contributed by atoms with E-state index in [-0.39, 0.29) is 11.8 Å². The van der Waals surface area contributed by atoms with Crippen molar-refractivity contribution in [2.24, 2.45) is 0 Å². The van der Waals surface area contributed by atoms with Gasteiger partial charge in [0.2, 0.25) is 0 Å². The van der Waals surface area contributed by atoms with E-state index in [4.69, 9.17) is 11.6 Å². The molecule has 0 atom stereocenters. The summed E-state index contributed by atoms with van der Waals surface area (Å²) in [6.45, 7) is 3.33. The molecule has 3 aromatic rings. The number of nitrogens with zero attached hydrogens (tertiary/aromatic N) is 3. The van der Waals surface area contributed by atoms with Crippen LogP contribution in [0.2, 0.25) is 5.02 Å². The van der Waals surface area contributed by atoms with Gasteiger partial charge < -0.3 is 14.8 Å². The minimum atomic E-state index is -0.249. The summed E-state index contributed by atoms with van der Waals surface area (Å²) in [6, 6.07) is 10.4. The highest BCUT2D eigenvalue weighted by Gasteiger charge is 2.25. The molecule has 1 aromatic heterocycles. The average molecular weight is 475 g/mol. The summed E-state index contributed by atoms with van der Waals surface area (Å²) in [4.78, 5) is 19.3. The first-order valence-electron chi connectivity index (χ1n) is 10.8. The van der Waals surface area contributed by atoms with Crippen molar-refractivity contribution in [2.45, 2.75) is 18.8 Å². The van der Waals surface area contributed by atoms with E-state index in [0.717, 1.165) is 54.5 Å². The molecule has 1 N–H and O–H groups in total. The fourth-order valence-corrected chi connectivity index (χ4v) is 4.96. The minimum absolute atomic E-state index is 0.103. The number of H-pyrrole nitrogens is 1. The van der Waals surface area contributed by atoms with Gasteiger partial charge in [-0.2, -0.15) is 0 Å². The number of benzene rings is 2. The number of carbonyl (C=O) groups excluding carboxylic acids is 1. The number of thiol groups is 1. The molecule has 2 heterocycles. The summed E-state index contributed by atoms with van der Waals surface area (Å²) in [5.74, 6) is 0.177. The van der Waals surface area contributed by atoms with Gasteiger partial charge in [0.05, 0.1) is 0 Å². The van der Waals surface area contributed by atoms with Crippen LogP contribution in [-0.2, 0) is 0 Å². The Morgan fingerprint density at radius 2 is 1.91 bits per heavy atom. The molecule has 2 aromatic carbocycles. The summed E-state index contributed by atoms with van der Waals surface area (Å²) in [6.07, 6.45) is 4.17. The molecule has 0 unspecified atom stereocenters. The number of rotatable bonds is 5. The van der Waals surface area contributed by atoms with Crippen LogP contribution in [0, 0.1) is 5.82 Å². The monoisotopic (exact) mass is 474 g/mol. The smallest absolute Gasteiger partial charge is 0.329 e. The molecule has 5 nitrogen and oxygen atoms in total. The SMILES string of the molecule is CN(C)C(=O)N(S)CCN1CCC(c2c[nH]c3cc(Cl)cc(-c4ccc(F)cc4)c23)CC1. The van der Waals surface area contributed by atoms with Gasteiger partial charge >= 0.3 is 6.03 Å². The summed E-state index contributed by atoms with van der Waals surface area (Å²) in [5, 5.41) is 1.82. The van der Waals surface area contributed by atoms with Gasteiger partial charge in [0.15, 0.2) is 0 Å². The third kappa shape index (κ3) is 4.90. The second kappa shape index (κ2) is 9.73. The number of aromatic amines is 1. The Morgan fingerprint density at radius 3 is 2.56 bits per heavy atom. The molecule has 8 heteroatoms. The van der Waals surface area contributed by atoms with Gasteiger partial charge in [0.25, 0.3) is 0 Å². The van der Waals surface area contributed by atoms with E-state index in [1.165, 1.54) is 26.9 Å². The molecular formula is C24H28ClFN4OS. The molecule has 0 saturated carbocycles. The van der Waals surface area contributed by atoms with Crippen molar-refractivity contribution in [1.29, 1.82) is 0 Å². The van der Waals surface area contributed by atoms with E-state index in [1.807, 2.05) is 12.1 Å². The van der Waals surface area contributed by atoms with Crippen molar-refractivity contribution in [2.75, 3.05) is 40.3 Å². The van der Waals surface area contributed by atoms with Crippen LogP contribution in [0.25, 0.3) is 22.0 Å². The van der Waals surface area contributed by atoms with Crippen LogP contribution < -0.4 is 0 Å². The Morgan fingerprint density at radius 1 is 1.22 bits per heavy atom. The number of carbonyl (C=O) groups is 1. The standard InChI is InChI=1S/C24H28ClFN4OS/c1-28(2)24(31)30(32)12-11-29-9-7-17(8-10-29)21-15-27-22-14-18(25)13-20(23(21)22)16-3-5-19(26)6-4-16/h3-6,13-15,17,27,32H,7-12H2,1-2H3. The van der Waals surface area contributed by atoms with Crippen LogP contribution in [0.15, 0.2) is 42.6 Å². The molecule has 2 amide bonds. The zero-order valence-corrected chi connectivity index (χ0v) is 20.0. The van der Waals surface area contributed by atoms with E-state index in [9.17, 15) is 9.18 Å². The van der Waals surface area contributed by atoms with Crippen LogP contribution >= 0.6 is 24.4 Å². The normalized spacial score (nSPS) is 15.3. The molecule has 0 radical (unpaired) electrons. The average Bonchev–Trinajstić information content (AvgIpc) is 3.21. The third-order valence-corrected chi connectivity index (χ3v) is 6.78. The number of halogens is 2. The van der Waals surface area contributed by atoms with Crippen LogP contribution in [0.4, 0.5) is 9.18 Å². The molecule has 0 aliphatic carbocycles. The molecule has 1 fully saturated rings. The number of hydrogen-bond acceptors (Lipinski definition) is 3. The summed E-state index contributed by atoms with van der Waals surface area (Å²) in [7, 11) is 3.46. The molecule has 170 valence electrons. The Hall–Kier alpha value is -2.22. The van der Waals surface area contributed by atoms with E-state index in [2.05, 4.69) is 28.9 Å². The number of fused-ring (bicyclic) bond motifs is 1. The number of aromatic nitrogens is 1. The predicted molar refractivity (Wildman–Crippen MR) is 132 cm³/mol. The zero-order chi connectivity index (χ0) is 22.8. The van der Waals surface area contributed by atoms with Crippen LogP contribution in [0.1, 0.15) is 24.3 Å². The van der Waals surface area contributed by atoms with Crippen LogP contribution in [-0.4, -0.2) is 65.4 Å². The van der Waals surface area contributed by atoms with Gasteiger partial charge in [-0.05, 0) is 72.8 Å². The lowest BCUT2D eigenvalue weighted by Gasteiger charge is -2.33. The number of amides is 2. The molecule has 1 aliphatic heterocycles. The predicted octanol–water partition coefficient (Wildman–Crippen LogP) is 5.64. The lowest BCUT2D eigenvalue weighted by Crippen LogP contribution is -2.41. The fourth-order valence-electron chi connectivity index (χ4n) is 4.47. The van der Waals surface area contributed by atoms with E-state index >= 15 is 0 Å². The van der Waals surface area contributed by atoms with Crippen LogP contribution in [0.3, 0.4) is 0 Å². The van der Waals surface area contributed by atoms with Gasteiger partial charge in [0, 0.05) is 49.3 Å². The second-order valence-electron chi connectivity index (χ2n) is 8.54. The summed E-state index contributed by atoms with van der Waals surface area (Å²) in [5.41, 5.74) is 4.27. The van der Waals surface area contributed by atoms with Crippen molar-refractivity contribution in [3.63, 3.8) is 0 Å². The van der Waals surface area contributed by atoms with E-state index < -0.39 is 0 Å². The molecule has 1 aliphatic rings. The highest BCUT2D eigenvalue weighted by molar-refractivity contribution is 7.78. The van der Waals surface area contributed by atoms with Gasteiger partial charge in [-0.1, -0.05) is 36.5 Å². The molecule has 4 rings (SSSR count). The van der Waals surface area contributed by atoms with Crippen molar-refractivity contribution >= 4 is 41.3 Å². The van der Waals surface area contributed by atoms with Gasteiger partial charge in [0.1, 0.15) is 5.82 Å². The number of nitrogens with one attached hydrogen (secondary N) is 1. The molecule has 1 saturated heterocycles. The fraction of sp³-hybridized carbons (Fsp3) is 0.375. The quantitative estimate of drug-likeness (QED) is 0.470. The Bertz CT molecular complexity index is 1090. The van der Waals surface area contributed by atoms with Crippen LogP contribution in [0.5, 0.6) is 0 Å². The van der Waals surface area contributed by atoms with E-state index in [0.29, 0.717) is 17.5 Å². The molecule has 32 heavy (non-hydrogen) atoms. The van der Waals surface area contributed by atoms with Crippen molar-refractivity contribution in [3.05, 3.63) is 59.0 Å². The maximum atomic E-state index is 13.5. The zero-order valence-electron chi connectivity index (χ0n) is 18.3. The first kappa shape index (κ1) is 23.0. The largest absolute Gasteiger partial charge is 0.361 e. The van der Waals surface area contributed by atoms with E-state index in [1.54, 1.807) is 26.2 Å². The first-order valence-corrected chi connectivity index (χ1v) is 11.6. The van der Waals surface area contributed by atoms with Gasteiger partial charge in [-0.3, -0.25) is 4.31 Å². The molecule has 0 spiro atoms. The van der Waals surface area contributed by atoms with Crippen molar-refractivity contribution in [3.8, 4) is 11.1 Å². The second-order valence-corrected chi connectivity index (χ2v) is 9.46. The number of hydrogen-bond donors (Lipinski definition) is 2. The third-order valence-electron chi connectivity index (χ3n) is 6.19. The highest BCUT2D eigenvalue weighted by atomic mass is 35.5. The lowest BCUT2D eigenvalue weighted by atomic mass is 9.87. The Balaban J connectivity index is 1.49. The summed E-state index contributed by atoms with van der Waals surface area (Å²) >= 11 is 10.7. The molecular weight excluding hydrogens is 447 g/mol. The van der Waals surface area contributed by atoms with Crippen molar-refractivity contribution < 1.29 is 9.18 Å². The highest BCUT2D eigenvalue weighted by Crippen LogP contribution is 2.40. The summed E-state index contributed by atoms with van der Waals surface area (Å²) < 4.78 is 14.9. The Kier molecular flexibility index (Phi) is 6.98. The topological polar surface area (TPSA) is 42.6 Å². The first-order chi connectivity index (χ1) is 15.3. The minimum Gasteiger partial charge on any atom is -0.361 e. The lowest BCUT2D eigenvalue weighted by molar-refractivity contribution is 0.181. The van der Waals surface area contributed by atoms with Gasteiger partial charge in [-0.25, -0.2) is 9.18 Å². The maximum absolute atomic E-state index is 13.5. The number of likely N-dealkylation sites (tertiary alicyclic amines) is 1. The molecule has 0 bridgehead atoms. The van der Waals surface area contributed by atoms with Crippen molar-refractivity contribution in [1.82, 2.24) is 19.1 Å². The number of urea groups is 1. The Labute approximate surface area is 198 Å². The maximum Gasteiger partial charge on any atom is 0.329 e. The number of piperidine rings is 1. The van der Waals surface area contributed by atoms with Gasteiger partial charge in [-0.15, -0.1) is 0 Å².